The number of furan rings is 2. The van der Waals surface area contributed by atoms with Gasteiger partial charge in [-0.25, -0.2) is 0 Å². The Balaban J connectivity index is 0.953. The van der Waals surface area contributed by atoms with Crippen molar-refractivity contribution in [3.63, 3.8) is 0 Å². The minimum absolute atomic E-state index is 0.880. The smallest absolute Gasteiger partial charge is 0.143 e. The molecule has 296 valence electrons. The number of hydrogen-bond donors (Lipinski definition) is 0. The summed E-state index contributed by atoms with van der Waals surface area (Å²) in [7, 11) is 0. The summed E-state index contributed by atoms with van der Waals surface area (Å²) in [4.78, 5) is 2.32. The van der Waals surface area contributed by atoms with E-state index in [9.17, 15) is 0 Å². The third kappa shape index (κ3) is 6.46. The maximum absolute atomic E-state index is 6.66. The van der Waals surface area contributed by atoms with Gasteiger partial charge in [0, 0.05) is 49.7 Å². The normalized spacial score (nSPS) is 11.5. The van der Waals surface area contributed by atoms with Gasteiger partial charge in [-0.15, -0.1) is 0 Å². The molecule has 3 nitrogen and oxygen atoms in total. The van der Waals surface area contributed by atoms with Gasteiger partial charge in [0.2, 0.25) is 0 Å². The van der Waals surface area contributed by atoms with Crippen LogP contribution >= 0.6 is 0 Å². The Morgan fingerprint density at radius 2 is 0.698 bits per heavy atom. The van der Waals surface area contributed by atoms with Crippen LogP contribution in [-0.4, -0.2) is 0 Å². The van der Waals surface area contributed by atoms with Gasteiger partial charge in [0.05, 0.1) is 0 Å². The lowest BCUT2D eigenvalue weighted by Crippen LogP contribution is -2.09. The standard InChI is InChI=1S/C60H39NO2/c1-3-14-40(15-4-1)41-32-35-47(36-33-41)61(46-17-5-2-6-18-46)48-19-11-16-44(38-48)42-28-30-43(31-29-42)49-37-34-45(50-22-12-23-53-51-20-7-9-26-57(51)62-59(50)53)39-56(49)55-25-13-24-54-52-21-8-10-27-58(52)63-60(54)55/h1-39H. The van der Waals surface area contributed by atoms with Crippen LogP contribution in [0.25, 0.3) is 99.5 Å². The summed E-state index contributed by atoms with van der Waals surface area (Å²) in [5.74, 6) is 0. The average molecular weight is 806 g/mol. The van der Waals surface area contributed by atoms with Gasteiger partial charge in [-0.3, -0.25) is 0 Å². The number of benzene rings is 10. The molecular formula is C60H39NO2. The number of anilines is 3. The topological polar surface area (TPSA) is 29.5 Å². The summed E-state index contributed by atoms with van der Waals surface area (Å²) < 4.78 is 13.2. The molecule has 0 saturated carbocycles. The Hall–Kier alpha value is -8.40. The first kappa shape index (κ1) is 36.5. The summed E-state index contributed by atoms with van der Waals surface area (Å²) in [6.07, 6.45) is 0. The maximum Gasteiger partial charge on any atom is 0.143 e. The highest BCUT2D eigenvalue weighted by atomic mass is 16.3. The molecule has 10 aromatic carbocycles. The highest BCUT2D eigenvalue weighted by Gasteiger charge is 2.19. The molecule has 2 aromatic heterocycles. The third-order valence-corrected chi connectivity index (χ3v) is 12.3. The highest BCUT2D eigenvalue weighted by molar-refractivity contribution is 6.12. The first-order valence-electron chi connectivity index (χ1n) is 21.4. The molecule has 0 fully saturated rings. The van der Waals surface area contributed by atoms with Gasteiger partial charge < -0.3 is 13.7 Å². The van der Waals surface area contributed by atoms with Crippen molar-refractivity contribution < 1.29 is 8.83 Å². The van der Waals surface area contributed by atoms with Crippen molar-refractivity contribution in [3.8, 4) is 55.6 Å². The van der Waals surface area contributed by atoms with E-state index in [-0.39, 0.29) is 0 Å². The molecule has 0 radical (unpaired) electrons. The summed E-state index contributed by atoms with van der Waals surface area (Å²) in [6, 6.07) is 84.0. The molecule has 0 saturated heterocycles. The van der Waals surface area contributed by atoms with Gasteiger partial charge in [0.25, 0.3) is 0 Å². The Bertz CT molecular complexity index is 3600. The summed E-state index contributed by atoms with van der Waals surface area (Å²) in [5, 5.41) is 4.45. The van der Waals surface area contributed by atoms with Crippen LogP contribution < -0.4 is 4.90 Å². The zero-order chi connectivity index (χ0) is 41.7. The Kier molecular flexibility index (Phi) is 8.83. The number of rotatable bonds is 8. The van der Waals surface area contributed by atoms with Gasteiger partial charge in [0.1, 0.15) is 22.3 Å². The Morgan fingerprint density at radius 3 is 1.40 bits per heavy atom. The molecule has 0 bridgehead atoms. The van der Waals surface area contributed by atoms with E-state index in [2.05, 4.69) is 217 Å². The van der Waals surface area contributed by atoms with Gasteiger partial charge in [-0.1, -0.05) is 182 Å². The van der Waals surface area contributed by atoms with E-state index in [4.69, 9.17) is 8.83 Å². The van der Waals surface area contributed by atoms with Crippen LogP contribution in [-0.2, 0) is 0 Å². The monoisotopic (exact) mass is 805 g/mol. The number of nitrogens with zero attached hydrogens (tertiary/aromatic N) is 1. The van der Waals surface area contributed by atoms with Crippen molar-refractivity contribution in [2.45, 2.75) is 0 Å². The molecule has 0 atom stereocenters. The molecule has 0 unspecified atom stereocenters. The highest BCUT2D eigenvalue weighted by Crippen LogP contribution is 2.44. The van der Waals surface area contributed by atoms with E-state index >= 15 is 0 Å². The fourth-order valence-electron chi connectivity index (χ4n) is 9.24. The average Bonchev–Trinajstić information content (AvgIpc) is 3.94. The van der Waals surface area contributed by atoms with Crippen LogP contribution in [0, 0.1) is 0 Å². The van der Waals surface area contributed by atoms with Crippen molar-refractivity contribution in [1.82, 2.24) is 0 Å². The molecule has 0 aliphatic rings. The molecular weight excluding hydrogens is 767 g/mol. The van der Waals surface area contributed by atoms with Crippen LogP contribution in [0.1, 0.15) is 0 Å². The second kappa shape index (κ2) is 15.3. The Labute approximate surface area is 365 Å². The van der Waals surface area contributed by atoms with E-state index < -0.39 is 0 Å². The van der Waals surface area contributed by atoms with Gasteiger partial charge >= 0.3 is 0 Å². The van der Waals surface area contributed by atoms with E-state index in [0.29, 0.717) is 0 Å². The molecule has 0 N–H and O–H groups in total. The first-order chi connectivity index (χ1) is 31.2. The first-order valence-corrected chi connectivity index (χ1v) is 21.4. The lowest BCUT2D eigenvalue weighted by Gasteiger charge is -2.26. The molecule has 3 heteroatoms. The molecule has 2 heterocycles. The van der Waals surface area contributed by atoms with E-state index in [1.165, 1.54) is 11.1 Å². The number of fused-ring (bicyclic) bond motifs is 6. The van der Waals surface area contributed by atoms with Crippen molar-refractivity contribution in [1.29, 1.82) is 0 Å². The Morgan fingerprint density at radius 1 is 0.238 bits per heavy atom. The fraction of sp³-hybridized carbons (Fsp3) is 0. The second-order valence-corrected chi connectivity index (χ2v) is 16.0. The van der Waals surface area contributed by atoms with Crippen molar-refractivity contribution in [3.05, 3.63) is 237 Å². The van der Waals surface area contributed by atoms with Crippen LogP contribution in [0.5, 0.6) is 0 Å². The fourth-order valence-corrected chi connectivity index (χ4v) is 9.24. The van der Waals surface area contributed by atoms with Crippen LogP contribution in [0.3, 0.4) is 0 Å². The summed E-state index contributed by atoms with van der Waals surface area (Å²) >= 11 is 0. The van der Waals surface area contributed by atoms with Gasteiger partial charge in [-0.05, 0) is 99.1 Å². The third-order valence-electron chi connectivity index (χ3n) is 12.3. The zero-order valence-electron chi connectivity index (χ0n) is 34.3. The maximum atomic E-state index is 6.66. The number of hydrogen-bond acceptors (Lipinski definition) is 3. The molecule has 0 aliphatic carbocycles. The van der Waals surface area contributed by atoms with E-state index in [1.54, 1.807) is 0 Å². The molecule has 63 heavy (non-hydrogen) atoms. The van der Waals surface area contributed by atoms with E-state index in [0.717, 1.165) is 105 Å². The molecule has 12 rings (SSSR count). The van der Waals surface area contributed by atoms with Crippen molar-refractivity contribution in [2.24, 2.45) is 0 Å². The molecule has 12 aromatic rings. The minimum atomic E-state index is 0.880. The van der Waals surface area contributed by atoms with Gasteiger partial charge in [-0.2, -0.15) is 0 Å². The lowest BCUT2D eigenvalue weighted by atomic mass is 9.89. The SMILES string of the molecule is c1ccc(-c2ccc(N(c3ccccc3)c3cccc(-c4ccc(-c5ccc(-c6cccc7c6oc6ccccc67)cc5-c5cccc6c5oc5ccccc56)cc4)c3)cc2)cc1. The number of para-hydroxylation sites is 5. The van der Waals surface area contributed by atoms with Gasteiger partial charge in [0.15, 0.2) is 0 Å². The van der Waals surface area contributed by atoms with E-state index in [1.807, 2.05) is 24.3 Å². The van der Waals surface area contributed by atoms with Crippen LogP contribution in [0.4, 0.5) is 17.1 Å². The zero-order valence-corrected chi connectivity index (χ0v) is 34.3. The second-order valence-electron chi connectivity index (χ2n) is 16.0. The van der Waals surface area contributed by atoms with Crippen LogP contribution in [0.15, 0.2) is 245 Å². The summed E-state index contributed by atoms with van der Waals surface area (Å²) in [6.45, 7) is 0. The molecule has 0 amide bonds. The largest absolute Gasteiger partial charge is 0.455 e. The minimum Gasteiger partial charge on any atom is -0.455 e. The van der Waals surface area contributed by atoms with Crippen molar-refractivity contribution >= 4 is 60.9 Å². The van der Waals surface area contributed by atoms with Crippen LogP contribution in [0.2, 0.25) is 0 Å². The lowest BCUT2D eigenvalue weighted by molar-refractivity contribution is 0.670. The summed E-state index contributed by atoms with van der Waals surface area (Å²) in [5.41, 5.74) is 18.0. The molecule has 0 spiro atoms. The predicted molar refractivity (Wildman–Crippen MR) is 263 cm³/mol. The molecule has 0 aliphatic heterocycles. The predicted octanol–water partition coefficient (Wildman–Crippen LogP) is 17.3. The quantitative estimate of drug-likeness (QED) is 0.153. The van der Waals surface area contributed by atoms with Crippen molar-refractivity contribution in [2.75, 3.05) is 4.90 Å².